The fraction of sp³-hybridized carbons (Fsp3) is 0.941. The second-order valence-electron chi connectivity index (χ2n) is 8.51. The maximum Gasteiger partial charge on any atom is 0.226 e. The standard InChI is InChI=1S/C17H32N2O2/c1-11-7-12(2)14(18)8-13(11)15(20)19-9-16(3,4)21-17(5,6)10-19/h11-14H,7-10,18H2,1-6H3. The van der Waals surface area contributed by atoms with Crippen LogP contribution in [0.3, 0.4) is 0 Å². The van der Waals surface area contributed by atoms with Crippen molar-refractivity contribution in [3.63, 3.8) is 0 Å². The number of hydrogen-bond acceptors (Lipinski definition) is 3. The first-order chi connectivity index (χ1) is 9.51. The van der Waals surface area contributed by atoms with E-state index in [0.717, 1.165) is 12.8 Å². The maximum absolute atomic E-state index is 13.0. The summed E-state index contributed by atoms with van der Waals surface area (Å²) in [5.41, 5.74) is 5.64. The van der Waals surface area contributed by atoms with Crippen molar-refractivity contribution in [3.8, 4) is 0 Å². The fourth-order valence-electron chi connectivity index (χ4n) is 4.21. The van der Waals surface area contributed by atoms with Crippen molar-refractivity contribution < 1.29 is 9.53 Å². The summed E-state index contributed by atoms with van der Waals surface area (Å²) >= 11 is 0. The van der Waals surface area contributed by atoms with Gasteiger partial charge >= 0.3 is 0 Å². The van der Waals surface area contributed by atoms with Crippen molar-refractivity contribution in [3.05, 3.63) is 0 Å². The Morgan fingerprint density at radius 3 is 2.10 bits per heavy atom. The molecule has 4 heteroatoms. The van der Waals surface area contributed by atoms with Crippen LogP contribution in [0.25, 0.3) is 0 Å². The van der Waals surface area contributed by atoms with E-state index in [1.807, 2.05) is 4.90 Å². The van der Waals surface area contributed by atoms with Gasteiger partial charge in [0.1, 0.15) is 0 Å². The zero-order chi connectivity index (χ0) is 16.0. The van der Waals surface area contributed by atoms with Gasteiger partial charge in [0, 0.05) is 25.0 Å². The summed E-state index contributed by atoms with van der Waals surface area (Å²) in [7, 11) is 0. The predicted octanol–water partition coefficient (Wildman–Crippen LogP) is 2.41. The Labute approximate surface area is 129 Å². The number of hydrogen-bond donors (Lipinski definition) is 1. The van der Waals surface area contributed by atoms with E-state index in [-0.39, 0.29) is 29.1 Å². The van der Waals surface area contributed by atoms with Crippen molar-refractivity contribution >= 4 is 5.91 Å². The first-order valence-electron chi connectivity index (χ1n) is 8.25. The lowest BCUT2D eigenvalue weighted by Gasteiger charge is -2.49. The molecule has 1 heterocycles. The van der Waals surface area contributed by atoms with E-state index in [1.54, 1.807) is 0 Å². The van der Waals surface area contributed by atoms with Crippen molar-refractivity contribution in [2.75, 3.05) is 13.1 Å². The largest absolute Gasteiger partial charge is 0.366 e. The van der Waals surface area contributed by atoms with Gasteiger partial charge in [-0.15, -0.1) is 0 Å². The second kappa shape index (κ2) is 5.54. The Balaban J connectivity index is 2.12. The molecule has 1 aliphatic carbocycles. The minimum Gasteiger partial charge on any atom is -0.366 e. The highest BCUT2D eigenvalue weighted by Gasteiger charge is 2.43. The number of morpholine rings is 1. The molecule has 1 aliphatic heterocycles. The average Bonchev–Trinajstić information content (AvgIpc) is 2.29. The normalized spacial score (nSPS) is 39.1. The Hall–Kier alpha value is -0.610. The Morgan fingerprint density at radius 2 is 1.57 bits per heavy atom. The molecule has 21 heavy (non-hydrogen) atoms. The molecule has 4 atom stereocenters. The van der Waals surface area contributed by atoms with Crippen LogP contribution in [0.2, 0.25) is 0 Å². The molecule has 0 radical (unpaired) electrons. The number of nitrogens with two attached hydrogens (primary N) is 1. The lowest BCUT2D eigenvalue weighted by molar-refractivity contribution is -0.191. The number of carbonyl (C=O) groups is 1. The quantitative estimate of drug-likeness (QED) is 0.808. The van der Waals surface area contributed by atoms with Gasteiger partial charge in [0.25, 0.3) is 0 Å². The van der Waals surface area contributed by atoms with Crippen LogP contribution in [0.15, 0.2) is 0 Å². The van der Waals surface area contributed by atoms with Crippen LogP contribution in [-0.4, -0.2) is 41.1 Å². The number of nitrogens with zero attached hydrogens (tertiary/aromatic N) is 1. The molecule has 4 nitrogen and oxygen atoms in total. The second-order valence-corrected chi connectivity index (χ2v) is 8.51. The Bertz CT molecular complexity index is 390. The average molecular weight is 296 g/mol. The SMILES string of the molecule is CC1CC(C)C(C(=O)N2CC(C)(C)OC(C)(C)C2)CC1N. The van der Waals surface area contributed by atoms with Crippen LogP contribution in [-0.2, 0) is 9.53 Å². The summed E-state index contributed by atoms with van der Waals surface area (Å²) in [5, 5.41) is 0. The van der Waals surface area contributed by atoms with Crippen LogP contribution >= 0.6 is 0 Å². The van der Waals surface area contributed by atoms with Crippen LogP contribution in [0, 0.1) is 17.8 Å². The van der Waals surface area contributed by atoms with E-state index in [4.69, 9.17) is 10.5 Å². The van der Waals surface area contributed by atoms with E-state index >= 15 is 0 Å². The number of ether oxygens (including phenoxy) is 1. The van der Waals surface area contributed by atoms with Gasteiger partial charge in [-0.3, -0.25) is 4.79 Å². The van der Waals surface area contributed by atoms with Crippen molar-refractivity contribution in [2.24, 2.45) is 23.5 Å². The van der Waals surface area contributed by atoms with Crippen LogP contribution < -0.4 is 5.73 Å². The minimum absolute atomic E-state index is 0.0703. The fourth-order valence-corrected chi connectivity index (χ4v) is 4.21. The van der Waals surface area contributed by atoms with E-state index in [9.17, 15) is 4.79 Å². The lowest BCUT2D eigenvalue weighted by atomic mass is 9.72. The topological polar surface area (TPSA) is 55.6 Å². The Morgan fingerprint density at radius 1 is 1.05 bits per heavy atom. The Kier molecular flexibility index (Phi) is 4.42. The summed E-state index contributed by atoms with van der Waals surface area (Å²) in [6.07, 6.45) is 1.87. The molecule has 0 spiro atoms. The molecular formula is C17H32N2O2. The molecule has 0 aromatic rings. The molecule has 0 aromatic heterocycles. The van der Waals surface area contributed by atoms with E-state index in [0.29, 0.717) is 24.9 Å². The summed E-state index contributed by atoms with van der Waals surface area (Å²) in [6.45, 7) is 14.0. The summed E-state index contributed by atoms with van der Waals surface area (Å²) < 4.78 is 6.08. The maximum atomic E-state index is 13.0. The van der Waals surface area contributed by atoms with Crippen LogP contribution in [0.4, 0.5) is 0 Å². The van der Waals surface area contributed by atoms with Gasteiger partial charge in [0.05, 0.1) is 11.2 Å². The lowest BCUT2D eigenvalue weighted by Crippen LogP contribution is -2.60. The molecule has 0 bridgehead atoms. The summed E-state index contributed by atoms with van der Waals surface area (Å²) in [4.78, 5) is 15.0. The predicted molar refractivity (Wildman–Crippen MR) is 84.9 cm³/mol. The molecular weight excluding hydrogens is 264 g/mol. The molecule has 2 rings (SSSR count). The highest BCUT2D eigenvalue weighted by atomic mass is 16.5. The highest BCUT2D eigenvalue weighted by Crippen LogP contribution is 2.36. The smallest absolute Gasteiger partial charge is 0.226 e. The summed E-state index contributed by atoms with van der Waals surface area (Å²) in [6, 6.07) is 0.150. The zero-order valence-corrected chi connectivity index (χ0v) is 14.5. The van der Waals surface area contributed by atoms with Crippen LogP contribution in [0.1, 0.15) is 54.4 Å². The third-order valence-electron chi connectivity index (χ3n) is 5.01. The monoisotopic (exact) mass is 296 g/mol. The van der Waals surface area contributed by atoms with Gasteiger partial charge in [-0.05, 0) is 52.4 Å². The minimum atomic E-state index is -0.287. The van der Waals surface area contributed by atoms with Gasteiger partial charge in [0.2, 0.25) is 5.91 Å². The summed E-state index contributed by atoms with van der Waals surface area (Å²) in [5.74, 6) is 1.28. The van der Waals surface area contributed by atoms with Gasteiger partial charge in [-0.2, -0.15) is 0 Å². The van der Waals surface area contributed by atoms with E-state index < -0.39 is 0 Å². The molecule has 1 amide bonds. The number of amides is 1. The molecule has 2 N–H and O–H groups in total. The van der Waals surface area contributed by atoms with E-state index in [2.05, 4.69) is 41.5 Å². The number of carbonyl (C=O) groups excluding carboxylic acids is 1. The first-order valence-corrected chi connectivity index (χ1v) is 8.25. The third-order valence-corrected chi connectivity index (χ3v) is 5.01. The van der Waals surface area contributed by atoms with Gasteiger partial charge in [-0.1, -0.05) is 13.8 Å². The molecule has 1 saturated carbocycles. The molecule has 1 saturated heterocycles. The molecule has 2 aliphatic rings. The van der Waals surface area contributed by atoms with Crippen molar-refractivity contribution in [1.82, 2.24) is 4.90 Å². The highest BCUT2D eigenvalue weighted by molar-refractivity contribution is 5.79. The first kappa shape index (κ1) is 16.8. The van der Waals surface area contributed by atoms with Gasteiger partial charge in [-0.25, -0.2) is 0 Å². The van der Waals surface area contributed by atoms with Crippen LogP contribution in [0.5, 0.6) is 0 Å². The van der Waals surface area contributed by atoms with Crippen molar-refractivity contribution in [2.45, 2.75) is 71.6 Å². The molecule has 4 unspecified atom stereocenters. The molecule has 122 valence electrons. The molecule has 0 aromatic carbocycles. The third kappa shape index (κ3) is 3.78. The molecule has 2 fully saturated rings. The van der Waals surface area contributed by atoms with Gasteiger partial charge in [0.15, 0.2) is 0 Å². The zero-order valence-electron chi connectivity index (χ0n) is 14.5. The van der Waals surface area contributed by atoms with Gasteiger partial charge < -0.3 is 15.4 Å². The van der Waals surface area contributed by atoms with E-state index in [1.165, 1.54) is 0 Å². The van der Waals surface area contributed by atoms with Crippen molar-refractivity contribution in [1.29, 1.82) is 0 Å². The number of rotatable bonds is 1.